The summed E-state index contributed by atoms with van der Waals surface area (Å²) < 4.78 is 0. The fourth-order valence-electron chi connectivity index (χ4n) is 3.84. The Morgan fingerprint density at radius 3 is 2.27 bits per heavy atom. The summed E-state index contributed by atoms with van der Waals surface area (Å²) in [6.45, 7) is 1.66. The van der Waals surface area contributed by atoms with Gasteiger partial charge in [-0.1, -0.05) is 6.07 Å². The predicted octanol–water partition coefficient (Wildman–Crippen LogP) is 2.86. The highest BCUT2D eigenvalue weighted by Crippen LogP contribution is 2.36. The summed E-state index contributed by atoms with van der Waals surface area (Å²) in [6.07, 6.45) is 1.48. The van der Waals surface area contributed by atoms with E-state index in [4.69, 9.17) is 0 Å². The number of nitro groups is 1. The molecule has 4 rings (SSSR count). The quantitative estimate of drug-likeness (QED) is 0.458. The number of halogens is 1. The molecule has 0 saturated carbocycles. The molecule has 0 spiro atoms. The van der Waals surface area contributed by atoms with Gasteiger partial charge in [0.15, 0.2) is 0 Å². The van der Waals surface area contributed by atoms with E-state index in [1.54, 1.807) is 18.2 Å². The normalized spacial score (nSPS) is 18.1. The number of imide groups is 1. The zero-order valence-corrected chi connectivity index (χ0v) is 15.0. The van der Waals surface area contributed by atoms with Gasteiger partial charge in [0, 0.05) is 28.6 Å². The average Bonchev–Trinajstić information content (AvgIpc) is 2.60. The van der Waals surface area contributed by atoms with Gasteiger partial charge in [-0.25, -0.2) is 0 Å². The van der Waals surface area contributed by atoms with Crippen molar-refractivity contribution < 1.29 is 14.5 Å². The predicted molar refractivity (Wildman–Crippen MR) is 98.9 cm³/mol. The number of nitrogens with zero attached hydrogens (tertiary/aromatic N) is 3. The van der Waals surface area contributed by atoms with Crippen LogP contribution in [0, 0.1) is 10.1 Å². The zero-order chi connectivity index (χ0) is 17.7. The second-order valence-electron chi connectivity index (χ2n) is 6.63. The third-order valence-corrected chi connectivity index (χ3v) is 5.17. The molecule has 0 aromatic heterocycles. The van der Waals surface area contributed by atoms with E-state index >= 15 is 0 Å². The van der Waals surface area contributed by atoms with E-state index in [-0.39, 0.29) is 36.0 Å². The molecule has 0 aliphatic carbocycles. The highest BCUT2D eigenvalue weighted by molar-refractivity contribution is 6.26. The maximum Gasteiger partial charge on any atom is 0.277 e. The van der Waals surface area contributed by atoms with E-state index in [0.717, 1.165) is 25.9 Å². The van der Waals surface area contributed by atoms with Crippen LogP contribution in [0.25, 0.3) is 10.8 Å². The summed E-state index contributed by atoms with van der Waals surface area (Å²) in [5.74, 6) is -0.698. The van der Waals surface area contributed by atoms with Crippen LogP contribution in [0.3, 0.4) is 0 Å². The number of rotatable bonds is 2. The Labute approximate surface area is 156 Å². The maximum absolute atomic E-state index is 13.0. The van der Waals surface area contributed by atoms with Crippen LogP contribution >= 0.6 is 12.4 Å². The van der Waals surface area contributed by atoms with Gasteiger partial charge >= 0.3 is 0 Å². The smallest absolute Gasteiger partial charge is 0.277 e. The van der Waals surface area contributed by atoms with Crippen molar-refractivity contribution in [1.29, 1.82) is 0 Å². The molecule has 2 amide bonds. The van der Waals surface area contributed by atoms with E-state index in [1.165, 1.54) is 17.0 Å². The molecular formula is C18H18ClN3O4. The molecule has 0 bridgehead atoms. The van der Waals surface area contributed by atoms with Crippen molar-refractivity contribution in [2.24, 2.45) is 0 Å². The number of nitro benzene ring substituents is 1. The summed E-state index contributed by atoms with van der Waals surface area (Å²) in [6, 6.07) is 7.56. The number of carbonyl (C=O) groups excluding carboxylic acids is 2. The lowest BCUT2D eigenvalue weighted by Gasteiger charge is -2.38. The zero-order valence-electron chi connectivity index (χ0n) is 14.2. The lowest BCUT2D eigenvalue weighted by Crippen LogP contribution is -2.51. The molecule has 2 heterocycles. The number of non-ortho nitro benzene ring substituents is 1. The molecule has 2 aromatic carbocycles. The fraction of sp³-hybridized carbons (Fsp3) is 0.333. The van der Waals surface area contributed by atoms with E-state index < -0.39 is 4.92 Å². The topological polar surface area (TPSA) is 83.8 Å². The average molecular weight is 376 g/mol. The van der Waals surface area contributed by atoms with Crippen molar-refractivity contribution in [3.05, 3.63) is 51.6 Å². The van der Waals surface area contributed by atoms with Crippen molar-refractivity contribution in [2.75, 3.05) is 20.1 Å². The molecule has 1 saturated heterocycles. The van der Waals surface area contributed by atoms with Gasteiger partial charge < -0.3 is 4.90 Å². The fourth-order valence-corrected chi connectivity index (χ4v) is 3.84. The maximum atomic E-state index is 13.0. The van der Waals surface area contributed by atoms with Gasteiger partial charge in [0.1, 0.15) is 0 Å². The number of piperidine rings is 1. The first-order chi connectivity index (χ1) is 12.0. The molecule has 2 aliphatic rings. The molecule has 8 heteroatoms. The molecule has 1 fully saturated rings. The minimum absolute atomic E-state index is 0. The minimum atomic E-state index is -0.485. The Bertz CT molecular complexity index is 900. The number of likely N-dealkylation sites (tertiary alicyclic amines) is 1. The standard InChI is InChI=1S/C18H17N3O4.ClH/c1-19-9-7-11(8-10-19)20-17(22)13-4-2-3-12-15(21(24)25)6-5-14(16(12)13)18(20)23;/h2-6,11H,7-10H2,1H3;1H. The lowest BCUT2D eigenvalue weighted by atomic mass is 9.91. The van der Waals surface area contributed by atoms with Crippen LogP contribution < -0.4 is 0 Å². The Hall–Kier alpha value is -2.51. The molecule has 2 aliphatic heterocycles. The van der Waals surface area contributed by atoms with Crippen molar-refractivity contribution in [2.45, 2.75) is 18.9 Å². The molecule has 0 atom stereocenters. The Balaban J connectivity index is 0.00000196. The largest absolute Gasteiger partial charge is 0.306 e. The van der Waals surface area contributed by atoms with Crippen molar-refractivity contribution in [3.63, 3.8) is 0 Å². The van der Waals surface area contributed by atoms with Crippen LogP contribution in [0.15, 0.2) is 30.3 Å². The van der Waals surface area contributed by atoms with Crippen molar-refractivity contribution >= 4 is 40.7 Å². The second kappa shape index (κ2) is 6.66. The van der Waals surface area contributed by atoms with Gasteiger partial charge in [-0.15, -0.1) is 12.4 Å². The number of hydrogen-bond donors (Lipinski definition) is 0. The molecule has 0 unspecified atom stereocenters. The first-order valence-corrected chi connectivity index (χ1v) is 8.25. The number of hydrogen-bond acceptors (Lipinski definition) is 5. The van der Waals surface area contributed by atoms with Crippen LogP contribution in [-0.4, -0.2) is 52.7 Å². The first-order valence-electron chi connectivity index (χ1n) is 8.25. The summed E-state index contributed by atoms with van der Waals surface area (Å²) in [5.41, 5.74) is 0.651. The van der Waals surface area contributed by atoms with Gasteiger partial charge in [-0.05, 0) is 51.2 Å². The van der Waals surface area contributed by atoms with Crippen LogP contribution in [-0.2, 0) is 0 Å². The van der Waals surface area contributed by atoms with Gasteiger partial charge in [0.25, 0.3) is 17.5 Å². The molecule has 0 N–H and O–H groups in total. The minimum Gasteiger partial charge on any atom is -0.306 e. The van der Waals surface area contributed by atoms with Crippen molar-refractivity contribution in [3.8, 4) is 0 Å². The first kappa shape index (κ1) is 18.3. The highest BCUT2D eigenvalue weighted by atomic mass is 35.5. The van der Waals surface area contributed by atoms with E-state index in [0.29, 0.717) is 21.9 Å². The van der Waals surface area contributed by atoms with Gasteiger partial charge in [0.2, 0.25) is 0 Å². The SMILES string of the molecule is CN1CCC(N2C(=O)c3cccc4c([N+](=O)[O-])ccc(c34)C2=O)CC1.Cl. The van der Waals surface area contributed by atoms with E-state index in [9.17, 15) is 19.7 Å². The highest BCUT2D eigenvalue weighted by Gasteiger charge is 2.39. The second-order valence-corrected chi connectivity index (χ2v) is 6.63. The number of amides is 2. The van der Waals surface area contributed by atoms with E-state index in [2.05, 4.69) is 4.90 Å². The van der Waals surface area contributed by atoms with Crippen LogP contribution in [0.1, 0.15) is 33.6 Å². The lowest BCUT2D eigenvalue weighted by molar-refractivity contribution is -0.383. The molecule has 0 radical (unpaired) electrons. The third-order valence-electron chi connectivity index (χ3n) is 5.17. The molecular weight excluding hydrogens is 358 g/mol. The molecule has 7 nitrogen and oxygen atoms in total. The summed E-state index contributed by atoms with van der Waals surface area (Å²) in [7, 11) is 2.02. The molecule has 26 heavy (non-hydrogen) atoms. The summed E-state index contributed by atoms with van der Waals surface area (Å²) in [5, 5.41) is 12.0. The van der Waals surface area contributed by atoms with Crippen molar-refractivity contribution in [1.82, 2.24) is 9.80 Å². The molecule has 136 valence electrons. The van der Waals surface area contributed by atoms with Gasteiger partial charge in [-0.2, -0.15) is 0 Å². The number of benzene rings is 2. The van der Waals surface area contributed by atoms with Crippen LogP contribution in [0.2, 0.25) is 0 Å². The van der Waals surface area contributed by atoms with Gasteiger partial charge in [-0.3, -0.25) is 24.6 Å². The summed E-state index contributed by atoms with van der Waals surface area (Å²) in [4.78, 5) is 40.3. The monoisotopic (exact) mass is 375 g/mol. The Morgan fingerprint density at radius 2 is 1.65 bits per heavy atom. The summed E-state index contributed by atoms with van der Waals surface area (Å²) >= 11 is 0. The number of carbonyl (C=O) groups is 2. The molecule has 2 aromatic rings. The van der Waals surface area contributed by atoms with Gasteiger partial charge in [0.05, 0.1) is 10.3 Å². The van der Waals surface area contributed by atoms with Crippen LogP contribution in [0.4, 0.5) is 5.69 Å². The third kappa shape index (κ3) is 2.64. The Kier molecular flexibility index (Phi) is 4.68. The Morgan fingerprint density at radius 1 is 1.04 bits per heavy atom. The van der Waals surface area contributed by atoms with E-state index in [1.807, 2.05) is 7.05 Å². The van der Waals surface area contributed by atoms with Crippen LogP contribution in [0.5, 0.6) is 0 Å².